The highest BCUT2D eigenvalue weighted by atomic mass is 31.2. The standard InChI is InChI=1S/C43H80NO8P/c1-3-5-7-9-11-13-15-17-19-20-22-24-26-28-30-32-34-36-43(46)52-41(40-51-53(47,48)50-38-37-44)39-49-42(45)35-33-31-29-27-25-23-21-18-16-14-12-10-8-6-4-2/h11,13-14,16-17,19,41H,3-10,12,15,18,20-40,44H2,1-2H3,(H,47,48)/b13-11-,16-14-,19-17-/t41-/m1/s1. The van der Waals surface area contributed by atoms with Crippen LogP contribution in [0.15, 0.2) is 36.5 Å². The molecule has 0 radical (unpaired) electrons. The number of unbranched alkanes of at least 4 members (excludes halogenated alkanes) is 21. The van der Waals surface area contributed by atoms with Crippen molar-refractivity contribution < 1.29 is 37.6 Å². The molecule has 0 aliphatic rings. The van der Waals surface area contributed by atoms with E-state index in [1.165, 1.54) is 96.3 Å². The number of hydrogen-bond acceptors (Lipinski definition) is 8. The van der Waals surface area contributed by atoms with E-state index >= 15 is 0 Å². The fourth-order valence-corrected chi connectivity index (χ4v) is 6.54. The number of allylic oxidation sites excluding steroid dienone is 6. The number of carbonyl (C=O) groups is 2. The van der Waals surface area contributed by atoms with E-state index < -0.39 is 26.5 Å². The van der Waals surface area contributed by atoms with Crippen molar-refractivity contribution in [3.8, 4) is 0 Å². The molecule has 1 unspecified atom stereocenters. The maximum Gasteiger partial charge on any atom is 0.472 e. The van der Waals surface area contributed by atoms with Crippen LogP contribution in [0.25, 0.3) is 0 Å². The van der Waals surface area contributed by atoms with Gasteiger partial charge in [-0.25, -0.2) is 4.57 Å². The van der Waals surface area contributed by atoms with E-state index in [1.54, 1.807) is 0 Å². The summed E-state index contributed by atoms with van der Waals surface area (Å²) < 4.78 is 32.8. The molecular weight excluding hydrogens is 689 g/mol. The molecule has 53 heavy (non-hydrogen) atoms. The van der Waals surface area contributed by atoms with Crippen LogP contribution in [-0.4, -0.2) is 49.3 Å². The van der Waals surface area contributed by atoms with Crippen LogP contribution < -0.4 is 5.73 Å². The molecule has 0 amide bonds. The largest absolute Gasteiger partial charge is 0.472 e. The molecule has 0 fully saturated rings. The lowest BCUT2D eigenvalue weighted by atomic mass is 10.1. The molecule has 9 nitrogen and oxygen atoms in total. The van der Waals surface area contributed by atoms with E-state index in [4.69, 9.17) is 24.3 Å². The van der Waals surface area contributed by atoms with Crippen molar-refractivity contribution in [2.24, 2.45) is 5.73 Å². The Morgan fingerprint density at radius 1 is 0.566 bits per heavy atom. The molecular formula is C43H80NO8P. The number of phosphoric ester groups is 1. The van der Waals surface area contributed by atoms with Crippen LogP contribution in [0, 0.1) is 0 Å². The van der Waals surface area contributed by atoms with Crippen LogP contribution in [0.1, 0.15) is 194 Å². The van der Waals surface area contributed by atoms with E-state index in [2.05, 4.69) is 50.3 Å². The second-order valence-electron chi connectivity index (χ2n) is 14.2. The Morgan fingerprint density at radius 3 is 1.49 bits per heavy atom. The molecule has 0 aromatic heterocycles. The molecule has 10 heteroatoms. The van der Waals surface area contributed by atoms with Gasteiger partial charge in [0.2, 0.25) is 0 Å². The smallest absolute Gasteiger partial charge is 0.462 e. The summed E-state index contributed by atoms with van der Waals surface area (Å²) in [6.45, 7) is 3.68. The lowest BCUT2D eigenvalue weighted by Gasteiger charge is -2.19. The molecule has 2 atom stereocenters. The van der Waals surface area contributed by atoms with Gasteiger partial charge in [-0.3, -0.25) is 18.6 Å². The zero-order valence-electron chi connectivity index (χ0n) is 34.0. The van der Waals surface area contributed by atoms with Crippen LogP contribution >= 0.6 is 7.82 Å². The molecule has 0 rings (SSSR count). The molecule has 0 aliphatic carbocycles. The Bertz CT molecular complexity index is 970. The summed E-state index contributed by atoms with van der Waals surface area (Å²) in [5.41, 5.74) is 5.34. The summed E-state index contributed by atoms with van der Waals surface area (Å²) in [6, 6.07) is 0. The highest BCUT2D eigenvalue weighted by molar-refractivity contribution is 7.47. The van der Waals surface area contributed by atoms with Crippen molar-refractivity contribution in [1.82, 2.24) is 0 Å². The third kappa shape index (κ3) is 39.7. The highest BCUT2D eigenvalue weighted by Crippen LogP contribution is 2.43. The predicted molar refractivity (Wildman–Crippen MR) is 220 cm³/mol. The number of carbonyl (C=O) groups excluding carboxylic acids is 2. The average molecular weight is 770 g/mol. The Labute approximate surface area is 324 Å². The third-order valence-corrected chi connectivity index (χ3v) is 9.98. The van der Waals surface area contributed by atoms with Gasteiger partial charge in [0.1, 0.15) is 6.61 Å². The van der Waals surface area contributed by atoms with Crippen molar-refractivity contribution >= 4 is 19.8 Å². The maximum atomic E-state index is 12.6. The number of hydrogen-bond donors (Lipinski definition) is 2. The Balaban J connectivity index is 4.17. The first kappa shape index (κ1) is 51.2. The number of ether oxygens (including phenoxy) is 2. The van der Waals surface area contributed by atoms with Crippen LogP contribution in [-0.2, 0) is 32.7 Å². The molecule has 0 aliphatic heterocycles. The molecule has 0 spiro atoms. The topological polar surface area (TPSA) is 134 Å². The molecule has 310 valence electrons. The number of nitrogens with two attached hydrogens (primary N) is 1. The summed E-state index contributed by atoms with van der Waals surface area (Å²) in [5, 5.41) is 0. The zero-order valence-corrected chi connectivity index (χ0v) is 34.9. The fraction of sp³-hybridized carbons (Fsp3) is 0.814. The first-order valence-corrected chi connectivity index (χ1v) is 23.0. The number of phosphoric acid groups is 1. The van der Waals surface area contributed by atoms with Gasteiger partial charge in [-0.15, -0.1) is 0 Å². The third-order valence-electron chi connectivity index (χ3n) is 9.00. The molecule has 0 saturated carbocycles. The SMILES string of the molecule is CCCCC/C=C\C/C=C\CCCCCCCCCC(=O)O[C@H](COC(=O)CCCCCCCCC/C=C\CCCCCC)COP(=O)(O)OCCN. The normalized spacial score (nSPS) is 13.7. The first-order valence-electron chi connectivity index (χ1n) is 21.5. The molecule has 3 N–H and O–H groups in total. The van der Waals surface area contributed by atoms with Gasteiger partial charge in [-0.2, -0.15) is 0 Å². The molecule has 0 bridgehead atoms. The van der Waals surface area contributed by atoms with Crippen LogP contribution in [0.2, 0.25) is 0 Å². The van der Waals surface area contributed by atoms with Crippen molar-refractivity contribution in [3.63, 3.8) is 0 Å². The van der Waals surface area contributed by atoms with E-state index in [0.717, 1.165) is 64.2 Å². The average Bonchev–Trinajstić information content (AvgIpc) is 3.14. The highest BCUT2D eigenvalue weighted by Gasteiger charge is 2.26. The molecule has 0 aromatic carbocycles. The number of esters is 2. The van der Waals surface area contributed by atoms with Crippen LogP contribution in [0.3, 0.4) is 0 Å². The minimum Gasteiger partial charge on any atom is -0.462 e. The van der Waals surface area contributed by atoms with E-state index in [0.29, 0.717) is 6.42 Å². The van der Waals surface area contributed by atoms with Crippen LogP contribution in [0.4, 0.5) is 0 Å². The zero-order chi connectivity index (χ0) is 38.9. The first-order chi connectivity index (χ1) is 25.8. The lowest BCUT2D eigenvalue weighted by Crippen LogP contribution is -2.29. The van der Waals surface area contributed by atoms with Gasteiger partial charge in [0.25, 0.3) is 0 Å². The summed E-state index contributed by atoms with van der Waals surface area (Å²) >= 11 is 0. The number of rotatable bonds is 40. The molecule has 0 heterocycles. The van der Waals surface area contributed by atoms with Gasteiger partial charge < -0.3 is 20.1 Å². The summed E-state index contributed by atoms with van der Waals surface area (Å²) in [5.74, 6) is -0.841. The Kier molecular flexibility index (Phi) is 38.6. The maximum absolute atomic E-state index is 12.6. The quantitative estimate of drug-likeness (QED) is 0.0270. The minimum absolute atomic E-state index is 0.0511. The van der Waals surface area contributed by atoms with Gasteiger partial charge >= 0.3 is 19.8 Å². The van der Waals surface area contributed by atoms with Gasteiger partial charge in [-0.05, 0) is 70.6 Å². The monoisotopic (exact) mass is 770 g/mol. The van der Waals surface area contributed by atoms with Gasteiger partial charge in [0, 0.05) is 19.4 Å². The fourth-order valence-electron chi connectivity index (χ4n) is 5.78. The van der Waals surface area contributed by atoms with Crippen molar-refractivity contribution in [2.75, 3.05) is 26.4 Å². The minimum atomic E-state index is -4.38. The summed E-state index contributed by atoms with van der Waals surface area (Å²) in [4.78, 5) is 34.8. The summed E-state index contributed by atoms with van der Waals surface area (Å²) in [6.07, 6.45) is 43.1. The van der Waals surface area contributed by atoms with Crippen molar-refractivity contribution in [2.45, 2.75) is 200 Å². The van der Waals surface area contributed by atoms with E-state index in [-0.39, 0.29) is 38.6 Å². The molecule has 0 aromatic rings. The van der Waals surface area contributed by atoms with Crippen molar-refractivity contribution in [1.29, 1.82) is 0 Å². The molecule has 0 saturated heterocycles. The van der Waals surface area contributed by atoms with Gasteiger partial charge in [0.15, 0.2) is 6.10 Å². The van der Waals surface area contributed by atoms with Gasteiger partial charge in [0.05, 0.1) is 13.2 Å². The predicted octanol–water partition coefficient (Wildman–Crippen LogP) is 12.2. The van der Waals surface area contributed by atoms with E-state index in [1.807, 2.05) is 0 Å². The second-order valence-corrected chi connectivity index (χ2v) is 15.7. The Morgan fingerprint density at radius 2 is 0.981 bits per heavy atom. The van der Waals surface area contributed by atoms with Gasteiger partial charge in [-0.1, -0.05) is 147 Å². The Hall–Kier alpha value is -1.77. The summed E-state index contributed by atoms with van der Waals surface area (Å²) in [7, 11) is -4.38. The second kappa shape index (κ2) is 39.9. The van der Waals surface area contributed by atoms with E-state index in [9.17, 15) is 19.0 Å². The lowest BCUT2D eigenvalue weighted by molar-refractivity contribution is -0.161. The van der Waals surface area contributed by atoms with Crippen molar-refractivity contribution in [3.05, 3.63) is 36.5 Å². The van der Waals surface area contributed by atoms with Crippen LogP contribution in [0.5, 0.6) is 0 Å².